The van der Waals surface area contributed by atoms with Crippen molar-refractivity contribution in [3.63, 3.8) is 0 Å². The lowest BCUT2D eigenvalue weighted by atomic mass is 9.94. The summed E-state index contributed by atoms with van der Waals surface area (Å²) in [4.78, 5) is 10.2. The van der Waals surface area contributed by atoms with E-state index < -0.39 is 0 Å². The first kappa shape index (κ1) is 37.1. The molecule has 0 aromatic heterocycles. The van der Waals surface area contributed by atoms with Crippen molar-refractivity contribution in [2.24, 2.45) is 0 Å². The number of fused-ring (bicyclic) bond motifs is 2. The van der Waals surface area contributed by atoms with Crippen LogP contribution < -0.4 is 0 Å². The molecule has 0 saturated heterocycles. The quantitative estimate of drug-likeness (QED) is 0.152. The average molecular weight is 781 g/mol. The molecule has 0 spiro atoms. The molecule has 0 amide bonds. The van der Waals surface area contributed by atoms with Crippen LogP contribution in [0.5, 0.6) is 0 Å². The Morgan fingerprint density at radius 1 is 0.250 bits per heavy atom. The molecule has 296 valence electrons. The molecule has 4 aliphatic heterocycles. The van der Waals surface area contributed by atoms with Gasteiger partial charge in [0.15, 0.2) is 0 Å². The Balaban J connectivity index is 0.000000141. The largest absolute Gasteiger partial charge is 0.291 e. The summed E-state index contributed by atoms with van der Waals surface area (Å²) in [5.41, 5.74) is 17.4. The normalized spacial score (nSPS) is 16.1. The van der Waals surface area contributed by atoms with Gasteiger partial charge in [-0.1, -0.05) is 170 Å². The highest BCUT2D eigenvalue weighted by Crippen LogP contribution is 2.33. The van der Waals surface area contributed by atoms with Crippen molar-refractivity contribution >= 4 is 21.5 Å². The van der Waals surface area contributed by atoms with E-state index in [1.54, 1.807) is 0 Å². The van der Waals surface area contributed by atoms with Crippen LogP contribution in [-0.2, 0) is 78.5 Å². The molecular formula is C56H52N4. The van der Waals surface area contributed by atoms with Gasteiger partial charge in [-0.25, -0.2) is 0 Å². The summed E-state index contributed by atoms with van der Waals surface area (Å²) in [6, 6.07) is 62.9. The SMILES string of the molecule is c1cc(CN2Cc3cccc4cccc(c34)C2)cc(CN2Cc3cccc4cccc(c34)C2)c1.c1cc(CN2Cc3ccccc3C2)cc(CN2Cc3ccccc3C2)c1. The van der Waals surface area contributed by atoms with Gasteiger partial charge in [-0.15, -0.1) is 0 Å². The zero-order valence-corrected chi connectivity index (χ0v) is 34.4. The van der Waals surface area contributed by atoms with E-state index in [1.807, 2.05) is 0 Å². The van der Waals surface area contributed by atoms with Crippen LogP contribution in [-0.4, -0.2) is 19.6 Å². The number of benzene rings is 8. The van der Waals surface area contributed by atoms with E-state index in [4.69, 9.17) is 0 Å². The molecule has 4 aliphatic rings. The van der Waals surface area contributed by atoms with Crippen LogP contribution in [0.2, 0.25) is 0 Å². The first-order chi connectivity index (χ1) is 29.6. The van der Waals surface area contributed by atoms with Gasteiger partial charge < -0.3 is 0 Å². The fraction of sp³-hybridized carbons (Fsp3) is 0.214. The number of rotatable bonds is 8. The highest BCUT2D eigenvalue weighted by Gasteiger charge is 2.22. The molecule has 0 bridgehead atoms. The van der Waals surface area contributed by atoms with E-state index in [0.717, 1.165) is 78.5 Å². The van der Waals surface area contributed by atoms with E-state index in [0.29, 0.717) is 0 Å². The summed E-state index contributed by atoms with van der Waals surface area (Å²) in [6.07, 6.45) is 0. The second-order valence-corrected chi connectivity index (χ2v) is 17.6. The average Bonchev–Trinajstić information content (AvgIpc) is 3.88. The standard InChI is InChI=1S/C32H28N2.C24H24N2/c1-6-23(17-33-19-27-12-2-8-25-9-3-13-28(20-33)31(25)27)16-24(7-1)18-34-21-29-14-4-10-26-11-5-15-30(22-34)32(26)29;1-2-9-22-16-25(15-21(22)8-1)13-19-6-5-7-20(12-19)14-26-17-23-10-3-4-11-24(23)18-26/h1-16H,17-22H2;1-12H,13-18H2. The first-order valence-corrected chi connectivity index (χ1v) is 21.8. The molecule has 0 radical (unpaired) electrons. The van der Waals surface area contributed by atoms with Gasteiger partial charge in [0.05, 0.1) is 0 Å². The van der Waals surface area contributed by atoms with Crippen molar-refractivity contribution < 1.29 is 0 Å². The van der Waals surface area contributed by atoms with Crippen molar-refractivity contribution in [1.29, 1.82) is 0 Å². The third kappa shape index (κ3) is 7.80. The fourth-order valence-corrected chi connectivity index (χ4v) is 10.5. The summed E-state index contributed by atoms with van der Waals surface area (Å²) in [6.45, 7) is 12.4. The van der Waals surface area contributed by atoms with Gasteiger partial charge in [0.1, 0.15) is 0 Å². The maximum Gasteiger partial charge on any atom is 0.0247 e. The molecule has 0 unspecified atom stereocenters. The topological polar surface area (TPSA) is 13.0 Å². The molecule has 12 rings (SSSR count). The van der Waals surface area contributed by atoms with Crippen LogP contribution in [0.25, 0.3) is 21.5 Å². The molecule has 4 heteroatoms. The van der Waals surface area contributed by atoms with Gasteiger partial charge >= 0.3 is 0 Å². The zero-order valence-electron chi connectivity index (χ0n) is 34.4. The smallest absolute Gasteiger partial charge is 0.0247 e. The van der Waals surface area contributed by atoms with Crippen LogP contribution in [0.15, 0.2) is 170 Å². The Bertz CT molecular complexity index is 2520. The van der Waals surface area contributed by atoms with E-state index in [1.165, 1.54) is 88.3 Å². The van der Waals surface area contributed by atoms with Crippen molar-refractivity contribution in [1.82, 2.24) is 19.6 Å². The summed E-state index contributed by atoms with van der Waals surface area (Å²) in [7, 11) is 0. The molecule has 0 saturated carbocycles. The maximum atomic E-state index is 2.58. The summed E-state index contributed by atoms with van der Waals surface area (Å²) in [5.74, 6) is 0. The molecular weight excluding hydrogens is 729 g/mol. The van der Waals surface area contributed by atoms with E-state index >= 15 is 0 Å². The number of hydrogen-bond donors (Lipinski definition) is 0. The van der Waals surface area contributed by atoms with Crippen molar-refractivity contribution in [3.05, 3.63) is 237 Å². The van der Waals surface area contributed by atoms with E-state index in [-0.39, 0.29) is 0 Å². The molecule has 0 N–H and O–H groups in total. The minimum absolute atomic E-state index is 0.987. The van der Waals surface area contributed by atoms with Crippen LogP contribution >= 0.6 is 0 Å². The lowest BCUT2D eigenvalue weighted by Gasteiger charge is -2.30. The second kappa shape index (κ2) is 16.3. The van der Waals surface area contributed by atoms with Gasteiger partial charge in [0.25, 0.3) is 0 Å². The van der Waals surface area contributed by atoms with Crippen LogP contribution in [0.4, 0.5) is 0 Å². The van der Waals surface area contributed by atoms with Crippen molar-refractivity contribution in [3.8, 4) is 0 Å². The Kier molecular flexibility index (Phi) is 10.1. The molecule has 0 aliphatic carbocycles. The maximum absolute atomic E-state index is 2.58. The van der Waals surface area contributed by atoms with Gasteiger partial charge in [-0.2, -0.15) is 0 Å². The van der Waals surface area contributed by atoms with Crippen LogP contribution in [0, 0.1) is 0 Å². The molecule has 8 aromatic carbocycles. The first-order valence-electron chi connectivity index (χ1n) is 21.8. The summed E-state index contributed by atoms with van der Waals surface area (Å²) in [5, 5.41) is 5.68. The molecule has 0 fully saturated rings. The highest BCUT2D eigenvalue weighted by molar-refractivity contribution is 5.90. The third-order valence-electron chi connectivity index (χ3n) is 13.2. The lowest BCUT2D eigenvalue weighted by molar-refractivity contribution is 0.239. The monoisotopic (exact) mass is 780 g/mol. The molecule has 60 heavy (non-hydrogen) atoms. The number of hydrogen-bond acceptors (Lipinski definition) is 4. The van der Waals surface area contributed by atoms with Crippen molar-refractivity contribution in [2.75, 3.05) is 0 Å². The Labute approximate surface area is 354 Å². The lowest BCUT2D eigenvalue weighted by Crippen LogP contribution is -2.27. The molecule has 4 nitrogen and oxygen atoms in total. The van der Waals surface area contributed by atoms with Crippen LogP contribution in [0.1, 0.15) is 66.8 Å². The molecule has 0 atom stereocenters. The summed E-state index contributed by atoms with van der Waals surface area (Å²) >= 11 is 0. The zero-order chi connectivity index (χ0) is 39.8. The van der Waals surface area contributed by atoms with E-state index in [9.17, 15) is 0 Å². The Morgan fingerprint density at radius 2 is 0.483 bits per heavy atom. The van der Waals surface area contributed by atoms with E-state index in [2.05, 4.69) is 189 Å². The van der Waals surface area contributed by atoms with Gasteiger partial charge in [0.2, 0.25) is 0 Å². The van der Waals surface area contributed by atoms with Gasteiger partial charge in [-0.3, -0.25) is 19.6 Å². The third-order valence-corrected chi connectivity index (χ3v) is 13.2. The minimum atomic E-state index is 0.987. The van der Waals surface area contributed by atoms with Crippen LogP contribution in [0.3, 0.4) is 0 Å². The number of nitrogens with zero attached hydrogens (tertiary/aromatic N) is 4. The Hall–Kier alpha value is -5.88. The summed E-state index contributed by atoms with van der Waals surface area (Å²) < 4.78 is 0. The van der Waals surface area contributed by atoms with Crippen molar-refractivity contribution in [2.45, 2.75) is 78.5 Å². The predicted octanol–water partition coefficient (Wildman–Crippen LogP) is 11.7. The van der Waals surface area contributed by atoms with Gasteiger partial charge in [-0.05, 0) is 88.3 Å². The van der Waals surface area contributed by atoms with Gasteiger partial charge in [0, 0.05) is 78.5 Å². The second-order valence-electron chi connectivity index (χ2n) is 17.6. The molecule has 8 aromatic rings. The predicted molar refractivity (Wildman–Crippen MR) is 245 cm³/mol. The highest BCUT2D eigenvalue weighted by atomic mass is 15.1. The Morgan fingerprint density at radius 3 is 0.767 bits per heavy atom. The minimum Gasteiger partial charge on any atom is -0.291 e. The fourth-order valence-electron chi connectivity index (χ4n) is 10.5. The molecule has 4 heterocycles.